The highest BCUT2D eigenvalue weighted by Crippen LogP contribution is 2.30. The summed E-state index contributed by atoms with van der Waals surface area (Å²) in [6, 6.07) is 16.4. The lowest BCUT2D eigenvalue weighted by atomic mass is 10.2. The normalized spacial score (nSPS) is 11.1. The number of halogens is 1. The number of fused-ring (bicyclic) bond motifs is 1. The topological polar surface area (TPSA) is 46.9 Å². The summed E-state index contributed by atoms with van der Waals surface area (Å²) >= 11 is 5.22. The first-order chi connectivity index (χ1) is 13.5. The van der Waals surface area contributed by atoms with Crippen molar-refractivity contribution < 1.29 is 4.79 Å². The number of para-hydroxylation sites is 1. The van der Waals surface area contributed by atoms with E-state index in [0.717, 1.165) is 31.6 Å². The third kappa shape index (κ3) is 3.62. The number of carbonyl (C=O) groups is 1. The lowest BCUT2D eigenvalue weighted by molar-refractivity contribution is 0.0945. The zero-order valence-electron chi connectivity index (χ0n) is 15.7. The van der Waals surface area contributed by atoms with Crippen molar-refractivity contribution in [3.8, 4) is 10.6 Å². The molecule has 0 saturated heterocycles. The fourth-order valence-corrected chi connectivity index (χ4v) is 4.88. The van der Waals surface area contributed by atoms with Gasteiger partial charge in [-0.15, -0.1) is 11.3 Å². The van der Waals surface area contributed by atoms with Crippen LogP contribution in [-0.2, 0) is 13.5 Å². The monoisotopic (exact) mass is 453 g/mol. The summed E-state index contributed by atoms with van der Waals surface area (Å²) < 4.78 is 2.76. The Morgan fingerprint density at radius 3 is 2.68 bits per heavy atom. The maximum absolute atomic E-state index is 12.7. The van der Waals surface area contributed by atoms with E-state index in [1.807, 2.05) is 35.9 Å². The van der Waals surface area contributed by atoms with E-state index in [9.17, 15) is 4.79 Å². The zero-order chi connectivity index (χ0) is 19.7. The van der Waals surface area contributed by atoms with Crippen molar-refractivity contribution in [1.29, 1.82) is 0 Å². The Kier molecular flexibility index (Phi) is 5.33. The molecule has 0 aliphatic carbocycles. The van der Waals surface area contributed by atoms with Gasteiger partial charge in [0.2, 0.25) is 0 Å². The number of hydrogen-bond donors (Lipinski definition) is 1. The maximum atomic E-state index is 12.7. The molecule has 2 aromatic carbocycles. The van der Waals surface area contributed by atoms with Gasteiger partial charge in [0.05, 0.1) is 10.2 Å². The van der Waals surface area contributed by atoms with Crippen LogP contribution in [0, 0.1) is 6.92 Å². The maximum Gasteiger partial charge on any atom is 0.269 e. The van der Waals surface area contributed by atoms with Gasteiger partial charge in [-0.1, -0.05) is 48.0 Å². The van der Waals surface area contributed by atoms with Crippen LogP contribution in [0.5, 0.6) is 0 Å². The van der Waals surface area contributed by atoms with Crippen LogP contribution in [0.3, 0.4) is 0 Å². The molecule has 0 aliphatic rings. The van der Waals surface area contributed by atoms with Gasteiger partial charge >= 0.3 is 0 Å². The van der Waals surface area contributed by atoms with Gasteiger partial charge in [0, 0.05) is 41.9 Å². The van der Waals surface area contributed by atoms with Gasteiger partial charge in [-0.2, -0.15) is 0 Å². The van der Waals surface area contributed by atoms with E-state index >= 15 is 0 Å². The average molecular weight is 454 g/mol. The molecule has 6 heteroatoms. The molecule has 2 aromatic heterocycles. The van der Waals surface area contributed by atoms with Crippen LogP contribution in [0.2, 0.25) is 0 Å². The predicted molar refractivity (Wildman–Crippen MR) is 119 cm³/mol. The van der Waals surface area contributed by atoms with Crippen LogP contribution in [0.4, 0.5) is 0 Å². The van der Waals surface area contributed by atoms with Crippen LogP contribution in [-0.4, -0.2) is 22.0 Å². The van der Waals surface area contributed by atoms with Crippen LogP contribution in [0.15, 0.2) is 58.4 Å². The third-order valence-electron chi connectivity index (χ3n) is 4.78. The number of amides is 1. The number of nitrogens with zero attached hydrogens (tertiary/aromatic N) is 2. The summed E-state index contributed by atoms with van der Waals surface area (Å²) in [6.45, 7) is 2.62. The zero-order valence-corrected chi connectivity index (χ0v) is 18.1. The molecule has 0 spiro atoms. The molecule has 0 fully saturated rings. The number of rotatable bonds is 5. The quantitative estimate of drug-likeness (QED) is 0.442. The van der Waals surface area contributed by atoms with Gasteiger partial charge < -0.3 is 9.88 Å². The van der Waals surface area contributed by atoms with Crippen molar-refractivity contribution in [3.05, 3.63) is 75.3 Å². The first-order valence-electron chi connectivity index (χ1n) is 9.07. The molecule has 0 aliphatic heterocycles. The Hall–Kier alpha value is -2.44. The van der Waals surface area contributed by atoms with E-state index in [0.29, 0.717) is 18.7 Å². The van der Waals surface area contributed by atoms with Crippen molar-refractivity contribution in [1.82, 2.24) is 14.9 Å². The highest BCUT2D eigenvalue weighted by molar-refractivity contribution is 9.10. The van der Waals surface area contributed by atoms with E-state index in [1.165, 1.54) is 5.56 Å². The Labute approximate surface area is 176 Å². The van der Waals surface area contributed by atoms with Gasteiger partial charge in [0.25, 0.3) is 5.91 Å². The summed E-state index contributed by atoms with van der Waals surface area (Å²) in [7, 11) is 1.91. The van der Waals surface area contributed by atoms with Crippen LogP contribution in [0.1, 0.15) is 21.7 Å². The molecule has 0 bridgehead atoms. The summed E-state index contributed by atoms with van der Waals surface area (Å²) in [5.74, 6) is -0.0837. The third-order valence-corrected chi connectivity index (χ3v) is 6.52. The predicted octanol–water partition coefficient (Wildman–Crippen LogP) is 5.35. The fraction of sp³-hybridized carbons (Fsp3) is 0.182. The summed E-state index contributed by atoms with van der Waals surface area (Å²) in [4.78, 5) is 17.4. The number of benzene rings is 2. The second-order valence-electron chi connectivity index (χ2n) is 6.75. The van der Waals surface area contributed by atoms with Crippen LogP contribution in [0.25, 0.3) is 21.5 Å². The largest absolute Gasteiger partial charge is 0.350 e. The molecule has 2 heterocycles. The Balaban J connectivity index is 1.42. The molecule has 0 radical (unpaired) electrons. The minimum atomic E-state index is -0.0837. The number of carbonyl (C=O) groups excluding carboxylic acids is 1. The lowest BCUT2D eigenvalue weighted by Gasteiger charge is -2.06. The molecule has 0 saturated carbocycles. The molecule has 0 atom stereocenters. The number of thiazole rings is 1. The van der Waals surface area contributed by atoms with E-state index < -0.39 is 0 Å². The van der Waals surface area contributed by atoms with Gasteiger partial charge in [-0.25, -0.2) is 4.98 Å². The van der Waals surface area contributed by atoms with Crippen LogP contribution >= 0.6 is 27.3 Å². The molecule has 4 nitrogen and oxygen atoms in total. The summed E-state index contributed by atoms with van der Waals surface area (Å²) in [5, 5.41) is 7.14. The van der Waals surface area contributed by atoms with Crippen molar-refractivity contribution in [3.63, 3.8) is 0 Å². The fourth-order valence-electron chi connectivity index (χ4n) is 3.24. The highest BCUT2D eigenvalue weighted by Gasteiger charge is 2.19. The standard InChI is InChI=1S/C22H20BrN3OS/c1-14-7-9-15(10-8-14)22-25-16(13-28-22)11-12-24-21(27)20-19(23)17-5-3-4-6-18(17)26(20)2/h3-10,13H,11-12H2,1-2H3,(H,24,27). The second-order valence-corrected chi connectivity index (χ2v) is 8.41. The van der Waals surface area contributed by atoms with Crippen molar-refractivity contribution in [2.24, 2.45) is 7.05 Å². The lowest BCUT2D eigenvalue weighted by Crippen LogP contribution is -2.27. The van der Waals surface area contributed by atoms with E-state index in [4.69, 9.17) is 4.98 Å². The Morgan fingerprint density at radius 1 is 1.18 bits per heavy atom. The Morgan fingerprint density at radius 2 is 1.93 bits per heavy atom. The SMILES string of the molecule is Cc1ccc(-c2nc(CCNC(=O)c3c(Br)c4ccccc4n3C)cs2)cc1. The molecule has 0 unspecified atom stereocenters. The van der Waals surface area contributed by atoms with Gasteiger partial charge in [-0.05, 0) is 28.9 Å². The first kappa shape index (κ1) is 18.9. The van der Waals surface area contributed by atoms with Crippen molar-refractivity contribution >= 4 is 44.1 Å². The molecular formula is C22H20BrN3OS. The van der Waals surface area contributed by atoms with Gasteiger partial charge in [-0.3, -0.25) is 4.79 Å². The second kappa shape index (κ2) is 7.89. The number of hydrogen-bond acceptors (Lipinski definition) is 3. The number of aromatic nitrogens is 2. The molecular weight excluding hydrogens is 434 g/mol. The van der Waals surface area contributed by atoms with Gasteiger partial charge in [0.15, 0.2) is 0 Å². The molecule has 1 N–H and O–H groups in total. The van der Waals surface area contributed by atoms with Crippen LogP contribution < -0.4 is 5.32 Å². The first-order valence-corrected chi connectivity index (χ1v) is 10.7. The number of nitrogens with one attached hydrogen (secondary N) is 1. The van der Waals surface area contributed by atoms with E-state index in [1.54, 1.807) is 11.3 Å². The molecule has 142 valence electrons. The molecule has 4 aromatic rings. The van der Waals surface area contributed by atoms with E-state index in [-0.39, 0.29) is 5.91 Å². The van der Waals surface area contributed by atoms with Crippen molar-refractivity contribution in [2.45, 2.75) is 13.3 Å². The summed E-state index contributed by atoms with van der Waals surface area (Å²) in [6.07, 6.45) is 0.704. The van der Waals surface area contributed by atoms with E-state index in [2.05, 4.69) is 57.8 Å². The minimum Gasteiger partial charge on any atom is -0.350 e. The van der Waals surface area contributed by atoms with Gasteiger partial charge in [0.1, 0.15) is 10.7 Å². The smallest absolute Gasteiger partial charge is 0.269 e. The van der Waals surface area contributed by atoms with Crippen molar-refractivity contribution in [2.75, 3.05) is 6.54 Å². The molecule has 1 amide bonds. The molecule has 4 rings (SSSR count). The average Bonchev–Trinajstić information content (AvgIpc) is 3.26. The minimum absolute atomic E-state index is 0.0837. The number of aryl methyl sites for hydroxylation is 2. The highest BCUT2D eigenvalue weighted by atomic mass is 79.9. The summed E-state index contributed by atoms with van der Waals surface area (Å²) in [5.41, 5.74) is 5.03. The molecule has 28 heavy (non-hydrogen) atoms. The Bertz CT molecular complexity index is 1110.